The predicted octanol–water partition coefficient (Wildman–Crippen LogP) is 3.91. The SMILES string of the molecule is COc1ccc(C=CC(=O)NCCSC2CCCCC2)c(OC)c1OC. The summed E-state index contributed by atoms with van der Waals surface area (Å²) >= 11 is 1.98. The lowest BCUT2D eigenvalue weighted by molar-refractivity contribution is -0.116. The molecular formula is C20H29NO4S. The predicted molar refractivity (Wildman–Crippen MR) is 107 cm³/mol. The molecule has 1 aliphatic carbocycles. The van der Waals surface area contributed by atoms with Crippen molar-refractivity contribution in [3.8, 4) is 17.2 Å². The van der Waals surface area contributed by atoms with E-state index in [-0.39, 0.29) is 5.91 Å². The van der Waals surface area contributed by atoms with Gasteiger partial charge in [-0.1, -0.05) is 19.3 Å². The Morgan fingerprint density at radius 3 is 2.50 bits per heavy atom. The molecule has 1 N–H and O–H groups in total. The van der Waals surface area contributed by atoms with Crippen LogP contribution in [0.25, 0.3) is 6.08 Å². The second-order valence-corrected chi connectivity index (χ2v) is 7.59. The van der Waals surface area contributed by atoms with Crippen molar-refractivity contribution in [2.45, 2.75) is 37.4 Å². The molecule has 0 atom stereocenters. The first-order valence-corrected chi connectivity index (χ1v) is 10.1. The third-order valence-electron chi connectivity index (χ3n) is 4.46. The Bertz CT molecular complexity index is 612. The quantitative estimate of drug-likeness (QED) is 0.521. The molecule has 144 valence electrons. The summed E-state index contributed by atoms with van der Waals surface area (Å²) in [4.78, 5) is 12.0. The van der Waals surface area contributed by atoms with Crippen LogP contribution in [0.2, 0.25) is 0 Å². The van der Waals surface area contributed by atoms with Gasteiger partial charge in [0, 0.05) is 29.2 Å². The maximum absolute atomic E-state index is 12.0. The number of benzene rings is 1. The molecule has 0 spiro atoms. The van der Waals surface area contributed by atoms with Crippen LogP contribution in [0, 0.1) is 0 Å². The minimum Gasteiger partial charge on any atom is -0.493 e. The highest BCUT2D eigenvalue weighted by atomic mass is 32.2. The highest BCUT2D eigenvalue weighted by Gasteiger charge is 2.15. The molecule has 1 amide bonds. The molecule has 0 saturated heterocycles. The maximum Gasteiger partial charge on any atom is 0.244 e. The van der Waals surface area contributed by atoms with Crippen molar-refractivity contribution in [2.24, 2.45) is 0 Å². The standard InChI is InChI=1S/C20H29NO4S/c1-23-17-11-9-15(19(24-2)20(17)25-3)10-12-18(22)21-13-14-26-16-7-5-4-6-8-16/h9-12,16H,4-8,13-14H2,1-3H3,(H,21,22). The van der Waals surface area contributed by atoms with Gasteiger partial charge in [-0.05, 0) is 31.1 Å². The van der Waals surface area contributed by atoms with Gasteiger partial charge in [0.15, 0.2) is 11.5 Å². The highest BCUT2D eigenvalue weighted by molar-refractivity contribution is 7.99. The summed E-state index contributed by atoms with van der Waals surface area (Å²) in [6, 6.07) is 3.63. The van der Waals surface area contributed by atoms with E-state index in [1.807, 2.05) is 17.8 Å². The zero-order valence-electron chi connectivity index (χ0n) is 15.9. The Kier molecular flexibility index (Phi) is 8.68. The zero-order chi connectivity index (χ0) is 18.8. The van der Waals surface area contributed by atoms with Crippen molar-refractivity contribution in [2.75, 3.05) is 33.6 Å². The number of methoxy groups -OCH3 is 3. The van der Waals surface area contributed by atoms with Gasteiger partial charge in [-0.3, -0.25) is 4.79 Å². The molecule has 0 unspecified atom stereocenters. The molecule has 1 fully saturated rings. The van der Waals surface area contributed by atoms with Crippen LogP contribution in [-0.2, 0) is 4.79 Å². The molecule has 0 radical (unpaired) electrons. The number of amides is 1. The zero-order valence-corrected chi connectivity index (χ0v) is 16.7. The van der Waals surface area contributed by atoms with Crippen molar-refractivity contribution in [1.29, 1.82) is 0 Å². The van der Waals surface area contributed by atoms with Crippen molar-refractivity contribution in [3.63, 3.8) is 0 Å². The van der Waals surface area contributed by atoms with Gasteiger partial charge in [0.1, 0.15) is 0 Å². The third kappa shape index (κ3) is 5.87. The molecule has 0 aliphatic heterocycles. The summed E-state index contributed by atoms with van der Waals surface area (Å²) in [5.74, 6) is 2.51. The van der Waals surface area contributed by atoms with Crippen molar-refractivity contribution >= 4 is 23.7 Å². The fraction of sp³-hybridized carbons (Fsp3) is 0.550. The monoisotopic (exact) mass is 379 g/mol. The van der Waals surface area contributed by atoms with Gasteiger partial charge in [0.2, 0.25) is 11.7 Å². The smallest absolute Gasteiger partial charge is 0.244 e. The summed E-state index contributed by atoms with van der Waals surface area (Å²) in [7, 11) is 4.70. The molecule has 0 bridgehead atoms. The van der Waals surface area contributed by atoms with Crippen LogP contribution in [0.4, 0.5) is 0 Å². The van der Waals surface area contributed by atoms with Gasteiger partial charge in [0.25, 0.3) is 0 Å². The second-order valence-electron chi connectivity index (χ2n) is 6.18. The normalized spacial score (nSPS) is 15.0. The third-order valence-corrected chi connectivity index (χ3v) is 5.84. The molecule has 1 aliphatic rings. The topological polar surface area (TPSA) is 56.8 Å². The Morgan fingerprint density at radius 2 is 1.85 bits per heavy atom. The van der Waals surface area contributed by atoms with Crippen molar-refractivity contribution < 1.29 is 19.0 Å². The number of hydrogen-bond donors (Lipinski definition) is 1. The Labute approximate surface area is 160 Å². The number of carbonyl (C=O) groups is 1. The van der Waals surface area contributed by atoms with E-state index >= 15 is 0 Å². The number of carbonyl (C=O) groups excluding carboxylic acids is 1. The average molecular weight is 380 g/mol. The lowest BCUT2D eigenvalue weighted by atomic mass is 10.0. The first kappa shape index (κ1) is 20.5. The largest absolute Gasteiger partial charge is 0.493 e. The van der Waals surface area contributed by atoms with Crippen LogP contribution in [0.3, 0.4) is 0 Å². The van der Waals surface area contributed by atoms with Crippen LogP contribution >= 0.6 is 11.8 Å². The van der Waals surface area contributed by atoms with E-state index in [4.69, 9.17) is 14.2 Å². The van der Waals surface area contributed by atoms with E-state index in [9.17, 15) is 4.79 Å². The van der Waals surface area contributed by atoms with Crippen LogP contribution in [0.15, 0.2) is 18.2 Å². The molecule has 2 rings (SSSR count). The van der Waals surface area contributed by atoms with E-state index in [0.717, 1.165) is 16.6 Å². The molecular weight excluding hydrogens is 350 g/mol. The van der Waals surface area contributed by atoms with E-state index in [2.05, 4.69) is 5.32 Å². The molecule has 26 heavy (non-hydrogen) atoms. The lowest BCUT2D eigenvalue weighted by Crippen LogP contribution is -2.24. The van der Waals surface area contributed by atoms with Crippen LogP contribution in [-0.4, -0.2) is 44.8 Å². The molecule has 0 heterocycles. The number of rotatable bonds is 9. The second kappa shape index (κ2) is 11.0. The summed E-state index contributed by atoms with van der Waals surface area (Å²) < 4.78 is 16.0. The Balaban J connectivity index is 1.85. The number of ether oxygens (including phenoxy) is 3. The van der Waals surface area contributed by atoms with E-state index in [1.54, 1.807) is 33.5 Å². The molecule has 1 saturated carbocycles. The van der Waals surface area contributed by atoms with Crippen LogP contribution in [0.1, 0.15) is 37.7 Å². The molecule has 0 aromatic heterocycles. The first-order chi connectivity index (χ1) is 12.7. The van der Waals surface area contributed by atoms with Crippen molar-refractivity contribution in [1.82, 2.24) is 5.32 Å². The van der Waals surface area contributed by atoms with E-state index in [0.29, 0.717) is 23.8 Å². The molecule has 1 aromatic carbocycles. The minimum absolute atomic E-state index is 0.105. The Hall–Kier alpha value is -1.82. The number of nitrogens with one attached hydrogen (secondary N) is 1. The van der Waals surface area contributed by atoms with Gasteiger partial charge in [-0.15, -0.1) is 0 Å². The molecule has 6 heteroatoms. The average Bonchev–Trinajstić information content (AvgIpc) is 2.69. The van der Waals surface area contributed by atoms with Gasteiger partial charge >= 0.3 is 0 Å². The summed E-state index contributed by atoms with van der Waals surface area (Å²) in [6.45, 7) is 0.688. The molecule has 5 nitrogen and oxygen atoms in total. The number of hydrogen-bond acceptors (Lipinski definition) is 5. The fourth-order valence-electron chi connectivity index (χ4n) is 3.11. The summed E-state index contributed by atoms with van der Waals surface area (Å²) in [6.07, 6.45) is 9.95. The molecule has 1 aromatic rings. The van der Waals surface area contributed by atoms with E-state index in [1.165, 1.54) is 38.2 Å². The maximum atomic E-state index is 12.0. The van der Waals surface area contributed by atoms with Gasteiger partial charge < -0.3 is 19.5 Å². The van der Waals surface area contributed by atoms with Crippen LogP contribution in [0.5, 0.6) is 17.2 Å². The first-order valence-electron chi connectivity index (χ1n) is 9.06. The summed E-state index contributed by atoms with van der Waals surface area (Å²) in [5, 5.41) is 3.71. The Morgan fingerprint density at radius 1 is 1.12 bits per heavy atom. The summed E-state index contributed by atoms with van der Waals surface area (Å²) in [5.41, 5.74) is 0.761. The van der Waals surface area contributed by atoms with Crippen molar-refractivity contribution in [3.05, 3.63) is 23.8 Å². The van der Waals surface area contributed by atoms with Gasteiger partial charge in [-0.25, -0.2) is 0 Å². The van der Waals surface area contributed by atoms with E-state index < -0.39 is 0 Å². The van der Waals surface area contributed by atoms with Gasteiger partial charge in [-0.2, -0.15) is 11.8 Å². The van der Waals surface area contributed by atoms with Crippen LogP contribution < -0.4 is 19.5 Å². The highest BCUT2D eigenvalue weighted by Crippen LogP contribution is 2.40. The number of thioether (sulfide) groups is 1. The minimum atomic E-state index is -0.105. The van der Waals surface area contributed by atoms with Gasteiger partial charge in [0.05, 0.1) is 21.3 Å². The fourth-order valence-corrected chi connectivity index (χ4v) is 4.33. The lowest BCUT2D eigenvalue weighted by Gasteiger charge is -2.20.